The van der Waals surface area contributed by atoms with Crippen molar-refractivity contribution in [1.29, 1.82) is 0 Å². The number of alkyl halides is 2. The van der Waals surface area contributed by atoms with Crippen LogP contribution in [0.3, 0.4) is 0 Å². The monoisotopic (exact) mass is 480 g/mol. The Kier molecular flexibility index (Phi) is 8.46. The van der Waals surface area contributed by atoms with Crippen LogP contribution in [0, 0.1) is 11.3 Å². The molecule has 0 spiro atoms. The predicted octanol–water partition coefficient (Wildman–Crippen LogP) is 3.69. The summed E-state index contributed by atoms with van der Waals surface area (Å²) in [6.45, 7) is 5.64. The van der Waals surface area contributed by atoms with Gasteiger partial charge in [-0.25, -0.2) is 0 Å². The highest BCUT2D eigenvalue weighted by molar-refractivity contribution is 6.03. The summed E-state index contributed by atoms with van der Waals surface area (Å²) in [5.74, 6) is -0.212. The number of carbonyl (C=O) groups excluding carboxylic acids is 2. The van der Waals surface area contributed by atoms with Crippen molar-refractivity contribution in [3.8, 4) is 5.75 Å². The van der Waals surface area contributed by atoms with Crippen LogP contribution in [0.15, 0.2) is 18.3 Å². The Morgan fingerprint density at radius 1 is 1.24 bits per heavy atom. The van der Waals surface area contributed by atoms with E-state index in [2.05, 4.69) is 31.2 Å². The van der Waals surface area contributed by atoms with Crippen LogP contribution in [-0.4, -0.2) is 66.5 Å². The number of methoxy groups -OCH3 is 1. The standard InChI is InChI=1S/C24H34F2N4O4/c1-24(2,3)13-20(31)29-10-7-16(8-11-29)14-30-15-18-19(28-30)6-5-17(21(18)34-23(25)26)22(32)27-9-12-33-4/h5-6,15-16,23H,7-14H2,1-4H3,(H,27,32). The maximum Gasteiger partial charge on any atom is 0.387 e. The Bertz CT molecular complexity index is 995. The van der Waals surface area contributed by atoms with Crippen LogP contribution < -0.4 is 10.1 Å². The molecule has 2 aromatic rings. The highest BCUT2D eigenvalue weighted by atomic mass is 19.3. The molecule has 0 bridgehead atoms. The summed E-state index contributed by atoms with van der Waals surface area (Å²) in [6.07, 6.45) is 3.87. The van der Waals surface area contributed by atoms with Crippen LogP contribution in [0.2, 0.25) is 0 Å². The number of hydrogen-bond donors (Lipinski definition) is 1. The first-order valence-corrected chi connectivity index (χ1v) is 11.6. The zero-order valence-electron chi connectivity index (χ0n) is 20.3. The second kappa shape index (κ2) is 11.1. The molecule has 1 aromatic heterocycles. The molecule has 10 heteroatoms. The van der Waals surface area contributed by atoms with Crippen LogP contribution in [0.25, 0.3) is 10.9 Å². The number of aromatic nitrogens is 2. The second-order valence-corrected chi connectivity index (χ2v) is 9.91. The van der Waals surface area contributed by atoms with Gasteiger partial charge in [0.2, 0.25) is 5.91 Å². The van der Waals surface area contributed by atoms with Crippen molar-refractivity contribution in [2.45, 2.75) is 53.2 Å². The number of hydrogen-bond acceptors (Lipinski definition) is 5. The molecule has 0 atom stereocenters. The average molecular weight is 481 g/mol. The predicted molar refractivity (Wildman–Crippen MR) is 124 cm³/mol. The highest BCUT2D eigenvalue weighted by Crippen LogP contribution is 2.32. The molecule has 1 saturated heterocycles. The number of piperidine rings is 1. The maximum absolute atomic E-state index is 13.1. The second-order valence-electron chi connectivity index (χ2n) is 9.91. The molecule has 1 aliphatic rings. The van der Waals surface area contributed by atoms with Gasteiger partial charge in [0.25, 0.3) is 5.91 Å². The number of fused-ring (bicyclic) bond motifs is 1. The van der Waals surface area contributed by atoms with Crippen molar-refractivity contribution in [1.82, 2.24) is 20.0 Å². The van der Waals surface area contributed by atoms with E-state index < -0.39 is 12.5 Å². The fraction of sp³-hybridized carbons (Fsp3) is 0.625. The van der Waals surface area contributed by atoms with E-state index in [1.807, 2.05) is 4.90 Å². The quantitative estimate of drug-likeness (QED) is 0.554. The van der Waals surface area contributed by atoms with Crippen molar-refractivity contribution in [3.05, 3.63) is 23.9 Å². The van der Waals surface area contributed by atoms with Gasteiger partial charge in [0.05, 0.1) is 23.1 Å². The van der Waals surface area contributed by atoms with E-state index in [0.29, 0.717) is 49.5 Å². The molecular formula is C24H34F2N4O4. The Hall–Kier alpha value is -2.75. The Morgan fingerprint density at radius 2 is 1.94 bits per heavy atom. The van der Waals surface area contributed by atoms with Gasteiger partial charge in [-0.05, 0) is 36.3 Å². The van der Waals surface area contributed by atoms with Gasteiger partial charge in [-0.2, -0.15) is 13.9 Å². The lowest BCUT2D eigenvalue weighted by atomic mass is 9.90. The number of rotatable bonds is 9. The number of carbonyl (C=O) groups is 2. The summed E-state index contributed by atoms with van der Waals surface area (Å²) >= 11 is 0. The normalized spacial score (nSPS) is 15.2. The molecule has 0 radical (unpaired) electrons. The molecule has 0 unspecified atom stereocenters. The van der Waals surface area contributed by atoms with Gasteiger partial charge in [0, 0.05) is 45.9 Å². The molecule has 1 fully saturated rings. The van der Waals surface area contributed by atoms with Crippen molar-refractivity contribution in [3.63, 3.8) is 0 Å². The molecule has 1 aromatic carbocycles. The summed E-state index contributed by atoms with van der Waals surface area (Å²) < 4.78 is 37.7. The van der Waals surface area contributed by atoms with Crippen LogP contribution in [0.1, 0.15) is 50.4 Å². The van der Waals surface area contributed by atoms with Crippen molar-refractivity contribution in [2.75, 3.05) is 33.4 Å². The van der Waals surface area contributed by atoms with Gasteiger partial charge >= 0.3 is 6.61 Å². The summed E-state index contributed by atoms with van der Waals surface area (Å²) in [7, 11) is 1.51. The summed E-state index contributed by atoms with van der Waals surface area (Å²) in [6, 6.07) is 3.07. The number of ether oxygens (including phenoxy) is 2. The van der Waals surface area contributed by atoms with E-state index >= 15 is 0 Å². The smallest absolute Gasteiger partial charge is 0.387 e. The number of halogens is 2. The molecule has 1 N–H and O–H groups in total. The largest absolute Gasteiger partial charge is 0.433 e. The first kappa shape index (κ1) is 25.9. The van der Waals surface area contributed by atoms with Crippen molar-refractivity contribution < 1.29 is 27.8 Å². The van der Waals surface area contributed by atoms with Crippen molar-refractivity contribution in [2.24, 2.45) is 11.3 Å². The lowest BCUT2D eigenvalue weighted by Crippen LogP contribution is -2.40. The van der Waals surface area contributed by atoms with Crippen molar-refractivity contribution >= 4 is 22.7 Å². The minimum atomic E-state index is -3.07. The molecule has 2 heterocycles. The van der Waals surface area contributed by atoms with Gasteiger partial charge < -0.3 is 19.7 Å². The fourth-order valence-corrected chi connectivity index (χ4v) is 4.16. The lowest BCUT2D eigenvalue weighted by molar-refractivity contribution is -0.134. The molecule has 188 valence electrons. The van der Waals surface area contributed by atoms with Crippen LogP contribution in [0.4, 0.5) is 8.78 Å². The van der Waals surface area contributed by atoms with E-state index in [4.69, 9.17) is 9.47 Å². The Morgan fingerprint density at radius 3 is 2.56 bits per heavy atom. The number of likely N-dealkylation sites (tertiary alicyclic amines) is 1. The van der Waals surface area contributed by atoms with Crippen LogP contribution in [-0.2, 0) is 16.1 Å². The first-order chi connectivity index (χ1) is 16.1. The average Bonchev–Trinajstić information content (AvgIpc) is 3.16. The third-order valence-electron chi connectivity index (χ3n) is 5.82. The zero-order valence-corrected chi connectivity index (χ0v) is 20.3. The highest BCUT2D eigenvalue weighted by Gasteiger charge is 2.27. The summed E-state index contributed by atoms with van der Waals surface area (Å²) in [5, 5.41) is 7.50. The van der Waals surface area contributed by atoms with E-state index in [0.717, 1.165) is 12.8 Å². The molecule has 3 rings (SSSR count). The summed E-state index contributed by atoms with van der Waals surface area (Å²) in [5.41, 5.74) is 0.455. The minimum absolute atomic E-state index is 0.0223. The lowest BCUT2D eigenvalue weighted by Gasteiger charge is -2.33. The van der Waals surface area contributed by atoms with Gasteiger partial charge in [-0.3, -0.25) is 14.3 Å². The Balaban J connectivity index is 1.71. The van der Waals surface area contributed by atoms with Crippen LogP contribution in [0.5, 0.6) is 5.75 Å². The third kappa shape index (κ3) is 6.88. The van der Waals surface area contributed by atoms with Gasteiger partial charge in [-0.1, -0.05) is 20.8 Å². The van der Waals surface area contributed by atoms with Crippen LogP contribution >= 0.6 is 0 Å². The maximum atomic E-state index is 13.1. The number of benzene rings is 1. The topological polar surface area (TPSA) is 85.7 Å². The molecule has 1 aliphatic heterocycles. The number of nitrogens with one attached hydrogen (secondary N) is 1. The molecule has 2 amide bonds. The number of nitrogens with zero attached hydrogens (tertiary/aromatic N) is 3. The third-order valence-corrected chi connectivity index (χ3v) is 5.82. The van der Waals surface area contributed by atoms with E-state index in [1.165, 1.54) is 13.2 Å². The zero-order chi connectivity index (χ0) is 24.9. The molecule has 0 aliphatic carbocycles. The molecule has 8 nitrogen and oxygen atoms in total. The van der Waals surface area contributed by atoms with Gasteiger partial charge in [-0.15, -0.1) is 0 Å². The SMILES string of the molecule is COCCNC(=O)c1ccc2nn(CC3CCN(C(=O)CC(C)(C)C)CC3)cc2c1OC(F)F. The minimum Gasteiger partial charge on any atom is -0.433 e. The molecule has 0 saturated carbocycles. The molecule has 34 heavy (non-hydrogen) atoms. The fourth-order valence-electron chi connectivity index (χ4n) is 4.16. The first-order valence-electron chi connectivity index (χ1n) is 11.6. The van der Waals surface area contributed by atoms with Gasteiger partial charge in [0.1, 0.15) is 5.75 Å². The van der Waals surface area contributed by atoms with E-state index in [1.54, 1.807) is 16.9 Å². The Labute approximate surface area is 198 Å². The van der Waals surface area contributed by atoms with Gasteiger partial charge in [0.15, 0.2) is 0 Å². The van der Waals surface area contributed by atoms with E-state index in [-0.39, 0.29) is 29.2 Å². The van der Waals surface area contributed by atoms with E-state index in [9.17, 15) is 18.4 Å². The molecular weight excluding hydrogens is 446 g/mol. The summed E-state index contributed by atoms with van der Waals surface area (Å²) in [4.78, 5) is 26.9. The number of amides is 2.